The lowest BCUT2D eigenvalue weighted by Crippen LogP contribution is -2.42. The van der Waals surface area contributed by atoms with Gasteiger partial charge in [-0.2, -0.15) is 0 Å². The van der Waals surface area contributed by atoms with Crippen molar-refractivity contribution in [3.05, 3.63) is 0 Å². The zero-order chi connectivity index (χ0) is 12.0. The summed E-state index contributed by atoms with van der Waals surface area (Å²) in [7, 11) is 0. The minimum Gasteiger partial charge on any atom is -0.338 e. The first-order chi connectivity index (χ1) is 7.59. The number of hydrogen-bond acceptors (Lipinski definition) is 2. The monoisotopic (exact) mass is 246 g/mol. The van der Waals surface area contributed by atoms with Gasteiger partial charge in [-0.1, -0.05) is 25.7 Å². The minimum absolute atomic E-state index is 0.449. The van der Waals surface area contributed by atoms with Gasteiger partial charge in [0.05, 0.1) is 0 Å². The Balaban J connectivity index is 2.08. The molecule has 0 aromatic heterocycles. The fourth-order valence-corrected chi connectivity index (χ4v) is 2.00. The molecule has 5 heteroatoms. The second kappa shape index (κ2) is 6.74. The molecule has 1 aliphatic carbocycles. The third-order valence-corrected chi connectivity index (χ3v) is 3.11. The molecule has 0 bridgehead atoms. The number of rotatable bonds is 4. The molecule has 16 heavy (non-hydrogen) atoms. The Labute approximate surface area is 101 Å². The van der Waals surface area contributed by atoms with Gasteiger partial charge in [0.2, 0.25) is 5.91 Å². The molecule has 0 aromatic rings. The Kier molecular flexibility index (Phi) is 5.60. The highest BCUT2D eigenvalue weighted by atomic mass is 35.5. The first-order valence-corrected chi connectivity index (χ1v) is 6.26. The van der Waals surface area contributed by atoms with Crippen LogP contribution in [0.1, 0.15) is 39.0 Å². The van der Waals surface area contributed by atoms with Crippen LogP contribution >= 0.6 is 11.6 Å². The van der Waals surface area contributed by atoms with Gasteiger partial charge in [-0.25, -0.2) is 4.79 Å². The maximum absolute atomic E-state index is 11.2. The van der Waals surface area contributed by atoms with Crippen molar-refractivity contribution in [3.8, 4) is 0 Å². The van der Waals surface area contributed by atoms with E-state index in [4.69, 9.17) is 11.6 Å². The normalized spacial score (nSPS) is 18.1. The number of carbonyl (C=O) groups is 2. The molecule has 92 valence electrons. The van der Waals surface area contributed by atoms with Crippen LogP contribution in [0.3, 0.4) is 0 Å². The summed E-state index contributed by atoms with van der Waals surface area (Å²) in [6.07, 6.45) is 6.14. The molecule has 0 aliphatic heterocycles. The highest BCUT2D eigenvalue weighted by Crippen LogP contribution is 2.26. The van der Waals surface area contributed by atoms with Gasteiger partial charge in [0.15, 0.2) is 0 Å². The summed E-state index contributed by atoms with van der Waals surface area (Å²) in [5, 5.41) is 4.17. The lowest BCUT2D eigenvalue weighted by atomic mass is 10.0. The number of urea groups is 1. The van der Waals surface area contributed by atoms with Crippen LogP contribution in [-0.4, -0.2) is 23.9 Å². The summed E-state index contributed by atoms with van der Waals surface area (Å²) in [5.74, 6) is 0.281. The number of alkyl halides is 1. The van der Waals surface area contributed by atoms with E-state index in [9.17, 15) is 9.59 Å². The van der Waals surface area contributed by atoms with Gasteiger partial charge in [0.25, 0.3) is 0 Å². The molecule has 1 atom stereocenters. The van der Waals surface area contributed by atoms with Crippen LogP contribution in [0.25, 0.3) is 0 Å². The molecule has 0 saturated heterocycles. The molecule has 1 fully saturated rings. The van der Waals surface area contributed by atoms with Crippen molar-refractivity contribution in [3.63, 3.8) is 0 Å². The Bertz CT molecular complexity index is 250. The molecule has 3 amide bonds. The Morgan fingerprint density at radius 2 is 2.00 bits per heavy atom. The maximum Gasteiger partial charge on any atom is 0.321 e. The standard InChI is InChI=1S/C11H19ClN2O2/c1-8(12)10(15)14-11(16)13-7-6-9-4-2-3-5-9/h8-9H,2-7H2,1H3,(H2,13,14,15,16). The average molecular weight is 247 g/mol. The van der Waals surface area contributed by atoms with Gasteiger partial charge < -0.3 is 5.32 Å². The van der Waals surface area contributed by atoms with Crippen LogP contribution in [0.2, 0.25) is 0 Å². The Hall–Kier alpha value is -0.770. The van der Waals surface area contributed by atoms with Crippen molar-refractivity contribution in [1.29, 1.82) is 0 Å². The van der Waals surface area contributed by atoms with E-state index < -0.39 is 17.3 Å². The Morgan fingerprint density at radius 3 is 2.56 bits per heavy atom. The largest absolute Gasteiger partial charge is 0.338 e. The lowest BCUT2D eigenvalue weighted by molar-refractivity contribution is -0.119. The molecule has 0 heterocycles. The van der Waals surface area contributed by atoms with Crippen LogP contribution in [0.5, 0.6) is 0 Å². The second-order valence-electron chi connectivity index (χ2n) is 4.30. The van der Waals surface area contributed by atoms with Gasteiger partial charge in [-0.3, -0.25) is 10.1 Å². The first kappa shape index (κ1) is 13.3. The van der Waals surface area contributed by atoms with Crippen LogP contribution in [-0.2, 0) is 4.79 Å². The van der Waals surface area contributed by atoms with Crippen molar-refractivity contribution in [2.75, 3.05) is 6.54 Å². The van der Waals surface area contributed by atoms with E-state index >= 15 is 0 Å². The smallest absolute Gasteiger partial charge is 0.321 e. The third kappa shape index (κ3) is 4.84. The molecule has 1 saturated carbocycles. The van der Waals surface area contributed by atoms with E-state index in [-0.39, 0.29) is 0 Å². The van der Waals surface area contributed by atoms with Crippen molar-refractivity contribution < 1.29 is 9.59 Å². The number of carbonyl (C=O) groups excluding carboxylic acids is 2. The molecule has 4 nitrogen and oxygen atoms in total. The number of imide groups is 1. The minimum atomic E-state index is -0.680. The van der Waals surface area contributed by atoms with E-state index in [0.717, 1.165) is 12.3 Å². The quantitative estimate of drug-likeness (QED) is 0.746. The van der Waals surface area contributed by atoms with E-state index in [1.807, 2.05) is 0 Å². The van der Waals surface area contributed by atoms with Gasteiger partial charge in [-0.15, -0.1) is 11.6 Å². The molecular weight excluding hydrogens is 228 g/mol. The van der Waals surface area contributed by atoms with Crippen LogP contribution in [0.15, 0.2) is 0 Å². The van der Waals surface area contributed by atoms with E-state index in [2.05, 4.69) is 10.6 Å². The summed E-state index contributed by atoms with van der Waals surface area (Å²) >= 11 is 5.52. The summed E-state index contributed by atoms with van der Waals surface area (Å²) < 4.78 is 0. The fourth-order valence-electron chi connectivity index (χ4n) is 1.94. The van der Waals surface area contributed by atoms with Gasteiger partial charge in [0.1, 0.15) is 5.38 Å². The SMILES string of the molecule is CC(Cl)C(=O)NC(=O)NCCC1CCCC1. The second-order valence-corrected chi connectivity index (χ2v) is 4.95. The van der Waals surface area contributed by atoms with Gasteiger partial charge >= 0.3 is 6.03 Å². The molecule has 1 rings (SSSR count). The van der Waals surface area contributed by atoms with Crippen molar-refractivity contribution in [2.24, 2.45) is 5.92 Å². The lowest BCUT2D eigenvalue weighted by Gasteiger charge is -2.10. The maximum atomic E-state index is 11.2. The number of hydrogen-bond donors (Lipinski definition) is 2. The predicted octanol–water partition coefficient (Wildman–Crippen LogP) is 2.02. The fraction of sp³-hybridized carbons (Fsp3) is 0.818. The highest BCUT2D eigenvalue weighted by molar-refractivity contribution is 6.31. The molecule has 1 aliphatic rings. The van der Waals surface area contributed by atoms with E-state index in [0.29, 0.717) is 6.54 Å². The third-order valence-electron chi connectivity index (χ3n) is 2.91. The first-order valence-electron chi connectivity index (χ1n) is 5.82. The van der Waals surface area contributed by atoms with Crippen LogP contribution in [0.4, 0.5) is 4.79 Å². The van der Waals surface area contributed by atoms with Crippen molar-refractivity contribution >= 4 is 23.5 Å². The topological polar surface area (TPSA) is 58.2 Å². The molecule has 0 aromatic carbocycles. The summed E-state index contributed by atoms with van der Waals surface area (Å²) in [4.78, 5) is 22.3. The van der Waals surface area contributed by atoms with E-state index in [1.54, 1.807) is 0 Å². The molecule has 1 unspecified atom stereocenters. The number of halogens is 1. The van der Waals surface area contributed by atoms with Gasteiger partial charge in [-0.05, 0) is 19.3 Å². The summed E-state index contributed by atoms with van der Waals surface area (Å²) in [6, 6.07) is -0.449. The van der Waals surface area contributed by atoms with E-state index in [1.165, 1.54) is 32.6 Å². The molecule has 0 spiro atoms. The zero-order valence-electron chi connectivity index (χ0n) is 9.59. The van der Waals surface area contributed by atoms with Gasteiger partial charge in [0, 0.05) is 6.54 Å². The predicted molar refractivity (Wildman–Crippen MR) is 63.4 cm³/mol. The highest BCUT2D eigenvalue weighted by Gasteiger charge is 2.16. The van der Waals surface area contributed by atoms with Crippen LogP contribution in [0, 0.1) is 5.92 Å². The van der Waals surface area contributed by atoms with Crippen LogP contribution < -0.4 is 10.6 Å². The summed E-state index contributed by atoms with van der Waals surface area (Å²) in [5.41, 5.74) is 0. The zero-order valence-corrected chi connectivity index (χ0v) is 10.3. The number of amides is 3. The van der Waals surface area contributed by atoms with Crippen molar-refractivity contribution in [1.82, 2.24) is 10.6 Å². The molecule has 2 N–H and O–H groups in total. The molecular formula is C11H19ClN2O2. The Morgan fingerprint density at radius 1 is 1.38 bits per heavy atom. The number of nitrogens with one attached hydrogen (secondary N) is 2. The average Bonchev–Trinajstić information content (AvgIpc) is 2.70. The molecule has 0 radical (unpaired) electrons. The van der Waals surface area contributed by atoms with Crippen molar-refractivity contribution in [2.45, 2.75) is 44.4 Å². The summed E-state index contributed by atoms with van der Waals surface area (Å²) in [6.45, 7) is 2.16.